The van der Waals surface area contributed by atoms with E-state index in [0.29, 0.717) is 44.0 Å². The molecule has 2 rings (SSSR count). The molecule has 1 aliphatic heterocycles. The summed E-state index contributed by atoms with van der Waals surface area (Å²) in [6, 6.07) is 10.1. The van der Waals surface area contributed by atoms with Gasteiger partial charge in [-0.2, -0.15) is 0 Å². The predicted octanol–water partition coefficient (Wildman–Crippen LogP) is 7.34. The molecule has 1 saturated heterocycles. The molecule has 1 heterocycles. The van der Waals surface area contributed by atoms with Gasteiger partial charge in [-0.25, -0.2) is 4.79 Å². The zero-order chi connectivity index (χ0) is 25.2. The van der Waals surface area contributed by atoms with Crippen molar-refractivity contribution in [1.82, 2.24) is 0 Å². The number of hydrogen-bond acceptors (Lipinski definition) is 5. The van der Waals surface area contributed by atoms with Crippen LogP contribution in [0.3, 0.4) is 0 Å². The monoisotopic (exact) mass is 474 g/mol. The van der Waals surface area contributed by atoms with Crippen LogP contribution >= 0.6 is 0 Å². The average molecular weight is 475 g/mol. The van der Waals surface area contributed by atoms with Crippen LogP contribution in [0.15, 0.2) is 42.0 Å². The lowest BCUT2D eigenvalue weighted by molar-refractivity contribution is -0.109. The van der Waals surface area contributed by atoms with Gasteiger partial charge in [0.2, 0.25) is 0 Å². The number of ether oxygens (including phenoxy) is 4. The number of carbonyl (C=O) groups excluding carboxylic acids is 1. The first-order valence-corrected chi connectivity index (χ1v) is 12.8. The SMILES string of the molecule is CC(C)CC(C/C=C1/COC(COCc2ccccc2)(COC(=O)OC(C)(C)C)C1)CC(C)C. The van der Waals surface area contributed by atoms with Gasteiger partial charge in [-0.1, -0.05) is 64.1 Å². The van der Waals surface area contributed by atoms with Crippen LogP contribution in [0.25, 0.3) is 0 Å². The quantitative estimate of drug-likeness (QED) is 0.234. The van der Waals surface area contributed by atoms with Crippen LogP contribution in [0, 0.1) is 17.8 Å². The van der Waals surface area contributed by atoms with Crippen molar-refractivity contribution < 1.29 is 23.7 Å². The first kappa shape index (κ1) is 28.4. The fourth-order valence-electron chi connectivity index (χ4n) is 4.47. The number of benzene rings is 1. The Labute approximate surface area is 207 Å². The molecule has 0 aromatic heterocycles. The van der Waals surface area contributed by atoms with Crippen molar-refractivity contribution >= 4 is 6.16 Å². The number of allylic oxidation sites excluding steroid dienone is 1. The molecule has 0 radical (unpaired) electrons. The molecule has 5 heteroatoms. The highest BCUT2D eigenvalue weighted by atomic mass is 16.7. The van der Waals surface area contributed by atoms with E-state index in [0.717, 1.165) is 12.0 Å². The van der Waals surface area contributed by atoms with Gasteiger partial charge in [-0.05, 0) is 68.9 Å². The van der Waals surface area contributed by atoms with Gasteiger partial charge in [-0.3, -0.25) is 0 Å². The summed E-state index contributed by atoms with van der Waals surface area (Å²) in [5.74, 6) is 2.05. The Morgan fingerprint density at radius 3 is 2.29 bits per heavy atom. The number of carbonyl (C=O) groups is 1. The molecule has 1 unspecified atom stereocenters. The van der Waals surface area contributed by atoms with Crippen molar-refractivity contribution in [1.29, 1.82) is 0 Å². The van der Waals surface area contributed by atoms with Gasteiger partial charge in [0.05, 0.1) is 19.8 Å². The molecule has 34 heavy (non-hydrogen) atoms. The lowest BCUT2D eigenvalue weighted by atomic mass is 9.86. The minimum Gasteiger partial charge on any atom is -0.431 e. The van der Waals surface area contributed by atoms with Crippen LogP contribution in [-0.4, -0.2) is 37.2 Å². The highest BCUT2D eigenvalue weighted by molar-refractivity contribution is 5.60. The van der Waals surface area contributed by atoms with Gasteiger partial charge in [0, 0.05) is 6.42 Å². The molecule has 0 N–H and O–H groups in total. The maximum Gasteiger partial charge on any atom is 0.508 e. The fraction of sp³-hybridized carbons (Fsp3) is 0.690. The van der Waals surface area contributed by atoms with Gasteiger partial charge in [0.25, 0.3) is 0 Å². The molecule has 0 spiro atoms. The van der Waals surface area contributed by atoms with E-state index in [2.05, 4.69) is 33.8 Å². The van der Waals surface area contributed by atoms with E-state index < -0.39 is 17.4 Å². The molecule has 1 atom stereocenters. The summed E-state index contributed by atoms with van der Waals surface area (Å²) in [7, 11) is 0. The highest BCUT2D eigenvalue weighted by Crippen LogP contribution is 2.33. The van der Waals surface area contributed by atoms with Crippen LogP contribution in [0.4, 0.5) is 4.79 Å². The molecule has 1 aliphatic rings. The summed E-state index contributed by atoms with van der Waals surface area (Å²) in [5, 5.41) is 0. The Bertz CT molecular complexity index is 752. The van der Waals surface area contributed by atoms with Crippen LogP contribution in [-0.2, 0) is 25.6 Å². The molecule has 1 fully saturated rings. The van der Waals surface area contributed by atoms with Crippen LogP contribution in [0.1, 0.15) is 79.7 Å². The van der Waals surface area contributed by atoms with Gasteiger partial charge < -0.3 is 18.9 Å². The topological polar surface area (TPSA) is 54.0 Å². The molecular weight excluding hydrogens is 428 g/mol. The second kappa shape index (κ2) is 13.3. The summed E-state index contributed by atoms with van der Waals surface area (Å²) >= 11 is 0. The summed E-state index contributed by atoms with van der Waals surface area (Å²) in [6.45, 7) is 16.1. The van der Waals surface area contributed by atoms with Crippen LogP contribution < -0.4 is 0 Å². The smallest absolute Gasteiger partial charge is 0.431 e. The minimum atomic E-state index is -0.691. The van der Waals surface area contributed by atoms with E-state index in [4.69, 9.17) is 18.9 Å². The largest absolute Gasteiger partial charge is 0.508 e. The summed E-state index contributed by atoms with van der Waals surface area (Å²) < 4.78 is 23.1. The van der Waals surface area contributed by atoms with E-state index in [1.807, 2.05) is 51.1 Å². The number of rotatable bonds is 12. The Morgan fingerprint density at radius 1 is 1.06 bits per heavy atom. The Morgan fingerprint density at radius 2 is 1.71 bits per heavy atom. The van der Waals surface area contributed by atoms with E-state index in [1.165, 1.54) is 18.4 Å². The average Bonchev–Trinajstić information content (AvgIpc) is 3.13. The third-order valence-electron chi connectivity index (χ3n) is 5.78. The first-order chi connectivity index (χ1) is 16.0. The van der Waals surface area contributed by atoms with Gasteiger partial charge in [0.15, 0.2) is 0 Å². The maximum absolute atomic E-state index is 12.2. The van der Waals surface area contributed by atoms with Crippen molar-refractivity contribution in [3.8, 4) is 0 Å². The Hall–Kier alpha value is -1.85. The molecule has 1 aromatic rings. The molecule has 5 nitrogen and oxygen atoms in total. The first-order valence-electron chi connectivity index (χ1n) is 12.8. The zero-order valence-electron chi connectivity index (χ0n) is 22.4. The van der Waals surface area contributed by atoms with E-state index in [-0.39, 0.29) is 6.61 Å². The Kier molecular flexibility index (Phi) is 11.1. The second-order valence-corrected chi connectivity index (χ2v) is 11.6. The molecular formula is C29H46O5. The third kappa shape index (κ3) is 11.1. The number of hydrogen-bond donors (Lipinski definition) is 0. The lowest BCUT2D eigenvalue weighted by Gasteiger charge is -2.28. The zero-order valence-corrected chi connectivity index (χ0v) is 22.4. The summed E-state index contributed by atoms with van der Waals surface area (Å²) in [6.07, 6.45) is 5.89. The molecule has 1 aromatic carbocycles. The van der Waals surface area contributed by atoms with Crippen molar-refractivity contribution in [3.05, 3.63) is 47.5 Å². The highest BCUT2D eigenvalue weighted by Gasteiger charge is 2.40. The van der Waals surface area contributed by atoms with Crippen molar-refractivity contribution in [3.63, 3.8) is 0 Å². The van der Waals surface area contributed by atoms with E-state index in [9.17, 15) is 4.79 Å². The van der Waals surface area contributed by atoms with Gasteiger partial charge in [0.1, 0.15) is 17.8 Å². The van der Waals surface area contributed by atoms with Crippen molar-refractivity contribution in [2.75, 3.05) is 19.8 Å². The maximum atomic E-state index is 12.2. The second-order valence-electron chi connectivity index (χ2n) is 11.6. The molecule has 192 valence electrons. The summed E-state index contributed by atoms with van der Waals surface area (Å²) in [4.78, 5) is 12.2. The van der Waals surface area contributed by atoms with Gasteiger partial charge >= 0.3 is 6.16 Å². The standard InChI is InChI=1S/C29H46O5/c1-22(2)15-25(16-23(3)4)13-14-26-17-29(33-19-26,21-32-27(30)34-28(5,6)7)20-31-18-24-11-9-8-10-12-24/h8-12,14,22-23,25H,13,15-21H2,1-7H3/b26-14+. The third-order valence-corrected chi connectivity index (χ3v) is 5.78. The molecule has 0 bridgehead atoms. The van der Waals surface area contributed by atoms with Gasteiger partial charge in [-0.15, -0.1) is 0 Å². The molecule has 0 amide bonds. The normalized spacial score (nSPS) is 20.0. The molecule has 0 aliphatic carbocycles. The minimum absolute atomic E-state index is 0.107. The van der Waals surface area contributed by atoms with Crippen molar-refractivity contribution in [2.24, 2.45) is 17.8 Å². The fourth-order valence-corrected chi connectivity index (χ4v) is 4.47. The van der Waals surface area contributed by atoms with E-state index in [1.54, 1.807) is 0 Å². The van der Waals surface area contributed by atoms with Crippen LogP contribution in [0.2, 0.25) is 0 Å². The van der Waals surface area contributed by atoms with Crippen molar-refractivity contribution in [2.45, 2.75) is 92.0 Å². The lowest BCUT2D eigenvalue weighted by Crippen LogP contribution is -2.40. The van der Waals surface area contributed by atoms with E-state index >= 15 is 0 Å². The summed E-state index contributed by atoms with van der Waals surface area (Å²) in [5.41, 5.74) is 1.07. The Balaban J connectivity index is 2.03. The van der Waals surface area contributed by atoms with Crippen LogP contribution in [0.5, 0.6) is 0 Å². The predicted molar refractivity (Wildman–Crippen MR) is 137 cm³/mol. The molecule has 0 saturated carbocycles.